The van der Waals surface area contributed by atoms with E-state index in [0.717, 1.165) is 11.8 Å². The highest BCUT2D eigenvalue weighted by Crippen LogP contribution is 2.43. The molecule has 0 amide bonds. The molecule has 0 saturated heterocycles. The van der Waals surface area contributed by atoms with E-state index in [9.17, 15) is 0 Å². The summed E-state index contributed by atoms with van der Waals surface area (Å²) in [4.78, 5) is 0. The van der Waals surface area contributed by atoms with Gasteiger partial charge in [-0.25, -0.2) is 0 Å². The van der Waals surface area contributed by atoms with Gasteiger partial charge in [0.1, 0.15) is 0 Å². The second kappa shape index (κ2) is 2.02. The fourth-order valence-corrected chi connectivity index (χ4v) is 1.53. The van der Waals surface area contributed by atoms with Gasteiger partial charge < -0.3 is 0 Å². The Morgan fingerprint density at radius 1 is 1.22 bits per heavy atom. The minimum Gasteiger partial charge on any atom is -0.0845 e. The lowest BCUT2D eigenvalue weighted by Gasteiger charge is -1.93. The molecule has 1 fully saturated rings. The highest BCUT2D eigenvalue weighted by atomic mass is 14.4. The van der Waals surface area contributed by atoms with Gasteiger partial charge >= 0.3 is 0 Å². The molecule has 48 valence electrons. The van der Waals surface area contributed by atoms with E-state index in [1.165, 1.54) is 19.3 Å². The monoisotopic (exact) mass is 120 g/mol. The molecule has 0 nitrogen and oxygen atoms in total. The Hall–Kier alpha value is -0.520. The van der Waals surface area contributed by atoms with E-state index in [0.29, 0.717) is 0 Å². The zero-order valence-electron chi connectivity index (χ0n) is 5.59. The van der Waals surface area contributed by atoms with Gasteiger partial charge in [0.2, 0.25) is 0 Å². The number of allylic oxidation sites excluding steroid dienone is 4. The number of fused-ring (bicyclic) bond motifs is 1. The summed E-state index contributed by atoms with van der Waals surface area (Å²) in [5.41, 5.74) is 0. The van der Waals surface area contributed by atoms with Crippen LogP contribution in [0.2, 0.25) is 0 Å². The third-order valence-corrected chi connectivity index (χ3v) is 2.29. The Labute approximate surface area is 56.3 Å². The van der Waals surface area contributed by atoms with Gasteiger partial charge in [-0.05, 0) is 31.1 Å². The van der Waals surface area contributed by atoms with Crippen molar-refractivity contribution in [3.63, 3.8) is 0 Å². The zero-order chi connectivity index (χ0) is 6.10. The fourth-order valence-electron chi connectivity index (χ4n) is 1.53. The SMILES string of the molecule is C1=C\CC[C@@H]2C[C@@H]2\C=C/1. The zero-order valence-corrected chi connectivity index (χ0v) is 5.59. The van der Waals surface area contributed by atoms with E-state index >= 15 is 0 Å². The van der Waals surface area contributed by atoms with Gasteiger partial charge in [-0.1, -0.05) is 24.3 Å². The van der Waals surface area contributed by atoms with Crippen LogP contribution in [0.25, 0.3) is 0 Å². The van der Waals surface area contributed by atoms with Crippen molar-refractivity contribution >= 4 is 0 Å². The topological polar surface area (TPSA) is 0 Å². The molecule has 0 aromatic carbocycles. The van der Waals surface area contributed by atoms with Crippen LogP contribution in [0.15, 0.2) is 24.3 Å². The van der Waals surface area contributed by atoms with Crippen LogP contribution in [0.5, 0.6) is 0 Å². The molecule has 0 aromatic rings. The smallest absolute Gasteiger partial charge is 0.0199 e. The van der Waals surface area contributed by atoms with Crippen molar-refractivity contribution in [1.29, 1.82) is 0 Å². The van der Waals surface area contributed by atoms with Crippen molar-refractivity contribution in [1.82, 2.24) is 0 Å². The standard InChI is InChI=1S/C9H12/c1-2-4-6-9-7-8(9)5-3-1/h1-3,5,8-9H,4,6-7H2/b2-1-,5-3-/t8-,9+/m0/s1. The van der Waals surface area contributed by atoms with E-state index < -0.39 is 0 Å². The van der Waals surface area contributed by atoms with Gasteiger partial charge in [0, 0.05) is 0 Å². The summed E-state index contributed by atoms with van der Waals surface area (Å²) in [5.74, 6) is 2.00. The van der Waals surface area contributed by atoms with Crippen molar-refractivity contribution in [2.24, 2.45) is 11.8 Å². The molecule has 9 heavy (non-hydrogen) atoms. The fraction of sp³-hybridized carbons (Fsp3) is 0.556. The molecule has 2 aliphatic rings. The van der Waals surface area contributed by atoms with Gasteiger partial charge in [0.25, 0.3) is 0 Å². The second-order valence-corrected chi connectivity index (χ2v) is 3.05. The molecule has 0 heteroatoms. The maximum Gasteiger partial charge on any atom is -0.0199 e. The Kier molecular flexibility index (Phi) is 1.18. The lowest BCUT2D eigenvalue weighted by molar-refractivity contribution is 0.705. The molecular weight excluding hydrogens is 108 g/mol. The molecule has 1 saturated carbocycles. The Balaban J connectivity index is 2.05. The van der Waals surface area contributed by atoms with Crippen molar-refractivity contribution < 1.29 is 0 Å². The summed E-state index contributed by atoms with van der Waals surface area (Å²) in [6.07, 6.45) is 13.2. The summed E-state index contributed by atoms with van der Waals surface area (Å²) in [7, 11) is 0. The van der Waals surface area contributed by atoms with Crippen LogP contribution in [-0.2, 0) is 0 Å². The molecule has 0 unspecified atom stereocenters. The number of hydrogen-bond acceptors (Lipinski definition) is 0. The van der Waals surface area contributed by atoms with Crippen LogP contribution in [0, 0.1) is 11.8 Å². The van der Waals surface area contributed by atoms with Crippen LogP contribution < -0.4 is 0 Å². The molecule has 2 atom stereocenters. The molecule has 0 bridgehead atoms. The third kappa shape index (κ3) is 1.07. The molecule has 0 heterocycles. The third-order valence-electron chi connectivity index (χ3n) is 2.29. The first-order valence-corrected chi connectivity index (χ1v) is 3.80. The maximum absolute atomic E-state index is 2.35. The molecule has 2 aliphatic carbocycles. The minimum atomic E-state index is 0.954. The molecule has 0 spiro atoms. The van der Waals surface area contributed by atoms with E-state index in [4.69, 9.17) is 0 Å². The lowest BCUT2D eigenvalue weighted by Crippen LogP contribution is -1.80. The van der Waals surface area contributed by atoms with Crippen LogP contribution in [-0.4, -0.2) is 0 Å². The van der Waals surface area contributed by atoms with E-state index in [2.05, 4.69) is 24.3 Å². The average molecular weight is 120 g/mol. The lowest BCUT2D eigenvalue weighted by atomic mass is 10.1. The number of rotatable bonds is 0. The Morgan fingerprint density at radius 2 is 2.22 bits per heavy atom. The van der Waals surface area contributed by atoms with Crippen molar-refractivity contribution in [2.75, 3.05) is 0 Å². The van der Waals surface area contributed by atoms with Gasteiger partial charge in [-0.3, -0.25) is 0 Å². The molecule has 0 aliphatic heterocycles. The molecule has 2 rings (SSSR count). The van der Waals surface area contributed by atoms with Gasteiger partial charge in [-0.2, -0.15) is 0 Å². The van der Waals surface area contributed by atoms with Crippen LogP contribution in [0.3, 0.4) is 0 Å². The quantitative estimate of drug-likeness (QED) is 0.461. The predicted octanol–water partition coefficient (Wildman–Crippen LogP) is 2.53. The van der Waals surface area contributed by atoms with Crippen molar-refractivity contribution in [2.45, 2.75) is 19.3 Å². The van der Waals surface area contributed by atoms with Gasteiger partial charge in [-0.15, -0.1) is 0 Å². The minimum absolute atomic E-state index is 0.954. The average Bonchev–Trinajstić information content (AvgIpc) is 2.46. The number of hydrogen-bond donors (Lipinski definition) is 0. The van der Waals surface area contributed by atoms with Crippen LogP contribution >= 0.6 is 0 Å². The Bertz CT molecular complexity index is 153. The second-order valence-electron chi connectivity index (χ2n) is 3.05. The normalized spacial score (nSPS) is 46.2. The molecule has 0 radical (unpaired) electrons. The molecule has 0 N–H and O–H groups in total. The predicted molar refractivity (Wildman–Crippen MR) is 39.1 cm³/mol. The molecule has 0 aromatic heterocycles. The van der Waals surface area contributed by atoms with E-state index in [1.54, 1.807) is 0 Å². The summed E-state index contributed by atoms with van der Waals surface area (Å²) in [5, 5.41) is 0. The first-order chi connectivity index (χ1) is 4.47. The summed E-state index contributed by atoms with van der Waals surface area (Å²) in [6, 6.07) is 0. The highest BCUT2D eigenvalue weighted by Gasteiger charge is 2.33. The van der Waals surface area contributed by atoms with Crippen LogP contribution in [0.1, 0.15) is 19.3 Å². The summed E-state index contributed by atoms with van der Waals surface area (Å²) in [6.45, 7) is 0. The maximum atomic E-state index is 2.35. The van der Waals surface area contributed by atoms with Gasteiger partial charge in [0.05, 0.1) is 0 Å². The molecular formula is C9H12. The van der Waals surface area contributed by atoms with Crippen molar-refractivity contribution in [3.8, 4) is 0 Å². The van der Waals surface area contributed by atoms with Crippen LogP contribution in [0.4, 0.5) is 0 Å². The first kappa shape index (κ1) is 5.28. The largest absolute Gasteiger partial charge is 0.0845 e. The summed E-state index contributed by atoms with van der Waals surface area (Å²) >= 11 is 0. The first-order valence-electron chi connectivity index (χ1n) is 3.80. The van der Waals surface area contributed by atoms with E-state index in [1.807, 2.05) is 0 Å². The Morgan fingerprint density at radius 3 is 3.22 bits per heavy atom. The van der Waals surface area contributed by atoms with E-state index in [-0.39, 0.29) is 0 Å². The summed E-state index contributed by atoms with van der Waals surface area (Å²) < 4.78 is 0. The highest BCUT2D eigenvalue weighted by molar-refractivity contribution is 5.12. The van der Waals surface area contributed by atoms with Gasteiger partial charge in [0.15, 0.2) is 0 Å². The van der Waals surface area contributed by atoms with Crippen molar-refractivity contribution in [3.05, 3.63) is 24.3 Å².